The van der Waals surface area contributed by atoms with Gasteiger partial charge in [-0.1, -0.05) is 0 Å². The number of rotatable bonds is 3. The quantitative estimate of drug-likeness (QED) is 0.943. The van der Waals surface area contributed by atoms with Crippen LogP contribution >= 0.6 is 12.4 Å². The molecule has 1 aromatic heterocycles. The monoisotopic (exact) mass is 326 g/mol. The first-order valence-electron chi connectivity index (χ1n) is 7.28. The number of likely N-dealkylation sites (N-methyl/N-ethyl adjacent to an activating group) is 1. The highest BCUT2D eigenvalue weighted by Gasteiger charge is 2.23. The van der Waals surface area contributed by atoms with Crippen molar-refractivity contribution in [2.45, 2.75) is 25.3 Å². The maximum absolute atomic E-state index is 13.1. The number of carbonyl (C=O) groups is 1. The topological polar surface area (TPSA) is 45.5 Å². The van der Waals surface area contributed by atoms with E-state index in [1.165, 1.54) is 12.1 Å². The molecule has 2 heterocycles. The Morgan fingerprint density at radius 2 is 2.32 bits per heavy atom. The van der Waals surface area contributed by atoms with E-state index in [2.05, 4.69) is 5.32 Å². The van der Waals surface area contributed by atoms with Crippen molar-refractivity contribution in [1.29, 1.82) is 0 Å². The van der Waals surface area contributed by atoms with Crippen LogP contribution in [0.2, 0.25) is 0 Å². The van der Waals surface area contributed by atoms with Crippen LogP contribution in [0.15, 0.2) is 28.9 Å². The van der Waals surface area contributed by atoms with Crippen LogP contribution in [0.25, 0.3) is 11.0 Å². The molecule has 1 amide bonds. The van der Waals surface area contributed by atoms with Gasteiger partial charge in [0.1, 0.15) is 11.4 Å². The average molecular weight is 327 g/mol. The summed E-state index contributed by atoms with van der Waals surface area (Å²) in [6.07, 6.45) is 3.99. The Hall–Kier alpha value is -1.59. The van der Waals surface area contributed by atoms with Gasteiger partial charge in [-0.3, -0.25) is 4.79 Å². The molecule has 4 nitrogen and oxygen atoms in total. The molecule has 1 aliphatic rings. The van der Waals surface area contributed by atoms with Crippen LogP contribution in [-0.2, 0) is 11.2 Å². The lowest BCUT2D eigenvalue weighted by Gasteiger charge is -2.32. The number of carbonyl (C=O) groups excluding carboxylic acids is 1. The van der Waals surface area contributed by atoms with Crippen molar-refractivity contribution in [2.75, 3.05) is 20.1 Å². The van der Waals surface area contributed by atoms with Crippen LogP contribution in [0.3, 0.4) is 0 Å². The van der Waals surface area contributed by atoms with E-state index in [9.17, 15) is 9.18 Å². The second kappa shape index (κ2) is 7.11. The number of halogens is 2. The summed E-state index contributed by atoms with van der Waals surface area (Å²) >= 11 is 0. The molecule has 1 saturated heterocycles. The molecule has 1 unspecified atom stereocenters. The van der Waals surface area contributed by atoms with E-state index in [0.717, 1.165) is 36.9 Å². The third kappa shape index (κ3) is 3.42. The first-order valence-corrected chi connectivity index (χ1v) is 7.28. The molecule has 1 aliphatic heterocycles. The normalized spacial score (nSPS) is 18.3. The summed E-state index contributed by atoms with van der Waals surface area (Å²) in [4.78, 5) is 14.3. The highest BCUT2D eigenvalue weighted by molar-refractivity contribution is 5.87. The Kier molecular flexibility index (Phi) is 5.42. The van der Waals surface area contributed by atoms with E-state index in [4.69, 9.17) is 4.42 Å². The molecule has 1 N–H and O–H groups in total. The van der Waals surface area contributed by atoms with Crippen molar-refractivity contribution in [1.82, 2.24) is 10.2 Å². The summed E-state index contributed by atoms with van der Waals surface area (Å²) in [6.45, 7) is 1.56. The van der Waals surface area contributed by atoms with Gasteiger partial charge in [0.2, 0.25) is 5.91 Å². The standard InChI is InChI=1S/C16H19FN2O2.ClH/c1-18-13-3-2-6-19(9-13)16(20)7-11-10-21-15-8-12(17)4-5-14(11)15;/h4-5,8,10,13,18H,2-3,6-7,9H2,1H3;1H. The highest BCUT2D eigenvalue weighted by Crippen LogP contribution is 2.23. The minimum Gasteiger partial charge on any atom is -0.464 e. The number of likely N-dealkylation sites (tertiary alicyclic amines) is 1. The predicted octanol–water partition coefficient (Wildman–Crippen LogP) is 2.75. The maximum Gasteiger partial charge on any atom is 0.227 e. The zero-order valence-corrected chi connectivity index (χ0v) is 13.3. The van der Waals surface area contributed by atoms with Gasteiger partial charge in [0, 0.05) is 36.1 Å². The Balaban J connectivity index is 0.00000176. The molecule has 0 bridgehead atoms. The number of hydrogen-bond donors (Lipinski definition) is 1. The third-order valence-electron chi connectivity index (χ3n) is 4.14. The molecular formula is C16H20ClFN2O2. The Morgan fingerprint density at radius 1 is 1.50 bits per heavy atom. The van der Waals surface area contributed by atoms with E-state index in [1.54, 1.807) is 12.3 Å². The Morgan fingerprint density at radius 3 is 3.09 bits per heavy atom. The number of benzene rings is 1. The summed E-state index contributed by atoms with van der Waals surface area (Å²) in [5.74, 6) is -0.232. The summed E-state index contributed by atoms with van der Waals surface area (Å²) in [6, 6.07) is 4.78. The minimum atomic E-state index is -0.331. The second-order valence-corrected chi connectivity index (χ2v) is 5.55. The van der Waals surface area contributed by atoms with Crippen molar-refractivity contribution in [3.8, 4) is 0 Å². The van der Waals surface area contributed by atoms with Crippen molar-refractivity contribution < 1.29 is 13.6 Å². The molecule has 0 spiro atoms. The maximum atomic E-state index is 13.1. The molecule has 1 aromatic carbocycles. The average Bonchev–Trinajstić information content (AvgIpc) is 2.89. The predicted molar refractivity (Wildman–Crippen MR) is 85.8 cm³/mol. The lowest BCUT2D eigenvalue weighted by atomic mass is 10.0. The number of piperidine rings is 1. The van der Waals surface area contributed by atoms with Gasteiger partial charge in [-0.2, -0.15) is 0 Å². The van der Waals surface area contributed by atoms with E-state index >= 15 is 0 Å². The van der Waals surface area contributed by atoms with E-state index < -0.39 is 0 Å². The third-order valence-corrected chi connectivity index (χ3v) is 4.14. The molecular weight excluding hydrogens is 307 g/mol. The van der Waals surface area contributed by atoms with Gasteiger partial charge in [-0.25, -0.2) is 4.39 Å². The zero-order valence-electron chi connectivity index (χ0n) is 12.5. The molecule has 3 rings (SSSR count). The largest absolute Gasteiger partial charge is 0.464 e. The first kappa shape index (κ1) is 16.8. The summed E-state index contributed by atoms with van der Waals surface area (Å²) in [7, 11) is 1.93. The van der Waals surface area contributed by atoms with Gasteiger partial charge in [0.25, 0.3) is 0 Å². The van der Waals surface area contributed by atoms with Gasteiger partial charge in [-0.15, -0.1) is 12.4 Å². The molecule has 120 valence electrons. The van der Waals surface area contributed by atoms with Crippen molar-refractivity contribution in [3.05, 3.63) is 35.8 Å². The highest BCUT2D eigenvalue weighted by atomic mass is 35.5. The number of amides is 1. The fourth-order valence-corrected chi connectivity index (χ4v) is 2.91. The Labute approximate surface area is 135 Å². The summed E-state index contributed by atoms with van der Waals surface area (Å²) in [5.41, 5.74) is 1.31. The molecule has 0 radical (unpaired) electrons. The Bertz CT molecular complexity index is 659. The van der Waals surface area contributed by atoms with Crippen molar-refractivity contribution in [2.24, 2.45) is 0 Å². The fourth-order valence-electron chi connectivity index (χ4n) is 2.91. The minimum absolute atomic E-state index is 0. The molecule has 1 fully saturated rings. The second-order valence-electron chi connectivity index (χ2n) is 5.55. The van der Waals surface area contributed by atoms with Gasteiger partial charge in [0.15, 0.2) is 0 Å². The van der Waals surface area contributed by atoms with Gasteiger partial charge in [-0.05, 0) is 32.0 Å². The first-order chi connectivity index (χ1) is 10.2. The van der Waals surface area contributed by atoms with Gasteiger partial charge >= 0.3 is 0 Å². The number of furan rings is 1. The molecule has 0 aliphatic carbocycles. The lowest BCUT2D eigenvalue weighted by Crippen LogP contribution is -2.47. The van der Waals surface area contributed by atoms with E-state index in [1.807, 2.05) is 11.9 Å². The molecule has 22 heavy (non-hydrogen) atoms. The number of fused-ring (bicyclic) bond motifs is 1. The lowest BCUT2D eigenvalue weighted by molar-refractivity contribution is -0.131. The smallest absolute Gasteiger partial charge is 0.227 e. The van der Waals surface area contributed by atoms with Gasteiger partial charge < -0.3 is 14.6 Å². The van der Waals surface area contributed by atoms with Gasteiger partial charge in [0.05, 0.1) is 12.7 Å². The van der Waals surface area contributed by atoms with Crippen LogP contribution in [0, 0.1) is 5.82 Å². The molecule has 1 atom stereocenters. The van der Waals surface area contributed by atoms with Crippen LogP contribution < -0.4 is 5.32 Å². The van der Waals surface area contributed by atoms with E-state index in [0.29, 0.717) is 18.0 Å². The number of nitrogens with zero attached hydrogens (tertiary/aromatic N) is 1. The van der Waals surface area contributed by atoms with Crippen LogP contribution in [-0.4, -0.2) is 37.0 Å². The van der Waals surface area contributed by atoms with Crippen molar-refractivity contribution in [3.63, 3.8) is 0 Å². The van der Waals surface area contributed by atoms with Crippen LogP contribution in [0.5, 0.6) is 0 Å². The van der Waals surface area contributed by atoms with Crippen LogP contribution in [0.1, 0.15) is 18.4 Å². The van der Waals surface area contributed by atoms with Crippen molar-refractivity contribution >= 4 is 29.3 Å². The molecule has 2 aromatic rings. The molecule has 0 saturated carbocycles. The number of nitrogens with one attached hydrogen (secondary N) is 1. The number of hydrogen-bond acceptors (Lipinski definition) is 3. The summed E-state index contributed by atoms with van der Waals surface area (Å²) in [5, 5.41) is 4.04. The SMILES string of the molecule is CNC1CCCN(C(=O)Cc2coc3cc(F)ccc23)C1.Cl. The van der Waals surface area contributed by atoms with Crippen LogP contribution in [0.4, 0.5) is 4.39 Å². The summed E-state index contributed by atoms with van der Waals surface area (Å²) < 4.78 is 18.5. The molecule has 6 heteroatoms. The zero-order chi connectivity index (χ0) is 14.8. The van der Waals surface area contributed by atoms with E-state index in [-0.39, 0.29) is 24.1 Å². The fraction of sp³-hybridized carbons (Fsp3) is 0.438.